The number of anilines is 2. The number of benzene rings is 1. The van der Waals surface area contributed by atoms with Crippen LogP contribution in [0.3, 0.4) is 0 Å². The molecule has 0 unspecified atom stereocenters. The minimum Gasteiger partial charge on any atom is -0.495 e. The number of nitrogens with one attached hydrogen (secondary N) is 1. The highest BCUT2D eigenvalue weighted by Crippen LogP contribution is 2.43. The summed E-state index contributed by atoms with van der Waals surface area (Å²) in [6.07, 6.45) is 6.81. The molecule has 1 N–H and O–H groups in total. The fraction of sp³-hybridized carbons (Fsp3) is 0.318. The van der Waals surface area contributed by atoms with Gasteiger partial charge in [0.05, 0.1) is 22.7 Å². The summed E-state index contributed by atoms with van der Waals surface area (Å²) >= 11 is 1.78. The first-order valence-electron chi connectivity index (χ1n) is 10.1. The van der Waals surface area contributed by atoms with Crippen LogP contribution >= 0.6 is 11.8 Å². The molecule has 9 heteroatoms. The molecule has 160 valence electrons. The lowest BCUT2D eigenvalue weighted by atomic mass is 9.86. The summed E-state index contributed by atoms with van der Waals surface area (Å²) in [7, 11) is 1.56. The highest BCUT2D eigenvalue weighted by molar-refractivity contribution is 7.99. The van der Waals surface area contributed by atoms with Gasteiger partial charge < -0.3 is 10.1 Å². The lowest BCUT2D eigenvalue weighted by Gasteiger charge is -2.27. The summed E-state index contributed by atoms with van der Waals surface area (Å²) in [5.41, 5.74) is 1.06. The Balaban J connectivity index is 1.52. The maximum absolute atomic E-state index is 12.0. The molecule has 4 rings (SSSR count). The summed E-state index contributed by atoms with van der Waals surface area (Å²) in [6.45, 7) is 0. The van der Waals surface area contributed by atoms with Gasteiger partial charge in [0.1, 0.15) is 17.8 Å². The average molecular weight is 438 g/mol. The average Bonchev–Trinajstić information content (AvgIpc) is 2.80. The van der Waals surface area contributed by atoms with E-state index in [-0.39, 0.29) is 22.3 Å². The number of thioether (sulfide) groups is 1. The monoisotopic (exact) mass is 437 g/mol. The number of hydrogen-bond donors (Lipinski definition) is 1. The molecule has 3 aromatic rings. The van der Waals surface area contributed by atoms with E-state index in [2.05, 4.69) is 20.3 Å². The smallest absolute Gasteiger partial charge is 0.333 e. The van der Waals surface area contributed by atoms with Gasteiger partial charge >= 0.3 is 5.69 Å². The molecule has 1 aliphatic rings. The molecule has 8 nitrogen and oxygen atoms in total. The van der Waals surface area contributed by atoms with Crippen molar-refractivity contribution < 1.29 is 9.66 Å². The third-order valence-electron chi connectivity index (χ3n) is 5.38. The fourth-order valence-electron chi connectivity index (χ4n) is 3.88. The lowest BCUT2D eigenvalue weighted by molar-refractivity contribution is -0.385. The third-order valence-corrected chi connectivity index (χ3v) is 6.67. The second-order valence-corrected chi connectivity index (χ2v) is 8.62. The molecule has 0 saturated heterocycles. The second-order valence-electron chi connectivity index (χ2n) is 7.30. The Morgan fingerprint density at radius 2 is 1.84 bits per heavy atom. The topological polar surface area (TPSA) is 103 Å². The summed E-state index contributed by atoms with van der Waals surface area (Å²) in [5, 5.41) is 16.5. The number of rotatable bonds is 7. The van der Waals surface area contributed by atoms with E-state index in [1.165, 1.54) is 6.33 Å². The number of para-hydroxylation sites is 2. The van der Waals surface area contributed by atoms with E-state index in [1.54, 1.807) is 37.2 Å². The first-order chi connectivity index (χ1) is 15.2. The molecule has 0 bridgehead atoms. The molecule has 1 fully saturated rings. The van der Waals surface area contributed by atoms with Crippen LogP contribution in [0.4, 0.5) is 17.2 Å². The molecule has 0 amide bonds. The van der Waals surface area contributed by atoms with Crippen molar-refractivity contribution in [2.24, 2.45) is 0 Å². The number of pyridine rings is 1. The number of nitrogens with zero attached hydrogens (tertiary/aromatic N) is 4. The quantitative estimate of drug-likeness (QED) is 0.390. The van der Waals surface area contributed by atoms with E-state index < -0.39 is 0 Å². The Morgan fingerprint density at radius 1 is 1.06 bits per heavy atom. The van der Waals surface area contributed by atoms with Gasteiger partial charge in [-0.1, -0.05) is 18.2 Å². The van der Waals surface area contributed by atoms with E-state index in [9.17, 15) is 10.1 Å². The number of ether oxygens (including phenoxy) is 1. The number of hydrogen-bond acceptors (Lipinski definition) is 8. The van der Waals surface area contributed by atoms with Crippen LogP contribution in [0.2, 0.25) is 0 Å². The summed E-state index contributed by atoms with van der Waals surface area (Å²) in [6, 6.07) is 13.2. The number of nitro groups is 1. The Morgan fingerprint density at radius 3 is 2.55 bits per heavy atom. The third kappa shape index (κ3) is 4.93. The summed E-state index contributed by atoms with van der Waals surface area (Å²) in [4.78, 5) is 24.5. The van der Waals surface area contributed by atoms with E-state index in [1.807, 2.05) is 30.3 Å². The van der Waals surface area contributed by atoms with Gasteiger partial charge in [-0.05, 0) is 49.9 Å². The Kier molecular flexibility index (Phi) is 6.61. The van der Waals surface area contributed by atoms with Crippen LogP contribution in [0.25, 0.3) is 0 Å². The zero-order valence-corrected chi connectivity index (χ0v) is 17.9. The van der Waals surface area contributed by atoms with Crippen molar-refractivity contribution in [1.82, 2.24) is 15.0 Å². The predicted molar refractivity (Wildman–Crippen MR) is 120 cm³/mol. The SMILES string of the molecule is COc1ccccc1Nc1ncnc(C2CCC(Sc3ccccn3)CC2)c1[N+](=O)[O-]. The zero-order valence-electron chi connectivity index (χ0n) is 17.1. The van der Waals surface area contributed by atoms with Gasteiger partial charge in [-0.3, -0.25) is 10.1 Å². The molecule has 0 radical (unpaired) electrons. The van der Waals surface area contributed by atoms with E-state index >= 15 is 0 Å². The van der Waals surface area contributed by atoms with Crippen molar-refractivity contribution in [3.8, 4) is 5.75 Å². The van der Waals surface area contributed by atoms with E-state index in [4.69, 9.17) is 4.74 Å². The Bertz CT molecular complexity index is 1040. The van der Waals surface area contributed by atoms with Gasteiger partial charge in [-0.2, -0.15) is 0 Å². The standard InChI is InChI=1S/C22H23N5O3S/c1-30-18-7-3-2-6-17(18)26-22-21(27(28)29)20(24-14-25-22)15-9-11-16(12-10-15)31-19-8-4-5-13-23-19/h2-8,13-16H,9-12H2,1H3,(H,24,25,26). The van der Waals surface area contributed by atoms with Crippen LogP contribution in [-0.2, 0) is 0 Å². The largest absolute Gasteiger partial charge is 0.495 e. The molecule has 0 spiro atoms. The summed E-state index contributed by atoms with van der Waals surface area (Å²) in [5.74, 6) is 0.802. The molecule has 1 aromatic carbocycles. The van der Waals surface area contributed by atoms with Crippen LogP contribution in [0.5, 0.6) is 5.75 Å². The predicted octanol–water partition coefficient (Wildman–Crippen LogP) is 5.35. The highest BCUT2D eigenvalue weighted by atomic mass is 32.2. The van der Waals surface area contributed by atoms with Crippen LogP contribution in [0.1, 0.15) is 37.3 Å². The van der Waals surface area contributed by atoms with Crippen LogP contribution in [-0.4, -0.2) is 32.2 Å². The minimum absolute atomic E-state index is 0.0298. The van der Waals surface area contributed by atoms with E-state index in [0.29, 0.717) is 22.4 Å². The van der Waals surface area contributed by atoms with Gasteiger partial charge in [0.25, 0.3) is 0 Å². The molecule has 2 heterocycles. The van der Waals surface area contributed by atoms with Crippen LogP contribution in [0, 0.1) is 10.1 Å². The van der Waals surface area contributed by atoms with Gasteiger partial charge in [0, 0.05) is 17.4 Å². The molecular weight excluding hydrogens is 414 g/mol. The zero-order chi connectivity index (χ0) is 21.6. The first kappa shape index (κ1) is 21.0. The van der Waals surface area contributed by atoms with Crippen molar-refractivity contribution >= 4 is 29.0 Å². The molecule has 0 atom stereocenters. The van der Waals surface area contributed by atoms with Gasteiger partial charge in [0.2, 0.25) is 5.82 Å². The van der Waals surface area contributed by atoms with Gasteiger partial charge in [-0.25, -0.2) is 15.0 Å². The van der Waals surface area contributed by atoms with E-state index in [0.717, 1.165) is 30.7 Å². The molecule has 2 aromatic heterocycles. The minimum atomic E-state index is -0.387. The number of methoxy groups -OCH3 is 1. The molecule has 31 heavy (non-hydrogen) atoms. The second kappa shape index (κ2) is 9.74. The fourth-order valence-corrected chi connectivity index (χ4v) is 5.01. The van der Waals surface area contributed by atoms with Gasteiger partial charge in [-0.15, -0.1) is 11.8 Å². The van der Waals surface area contributed by atoms with Crippen LogP contribution < -0.4 is 10.1 Å². The first-order valence-corrected chi connectivity index (χ1v) is 11.0. The molecule has 1 saturated carbocycles. The van der Waals surface area contributed by atoms with Crippen molar-refractivity contribution in [2.45, 2.75) is 41.9 Å². The number of aromatic nitrogens is 3. The summed E-state index contributed by atoms with van der Waals surface area (Å²) < 4.78 is 5.34. The van der Waals surface area contributed by atoms with Crippen molar-refractivity contribution in [3.05, 3.63) is 70.8 Å². The lowest BCUT2D eigenvalue weighted by Crippen LogP contribution is -2.18. The Hall–Kier alpha value is -3.20. The van der Waals surface area contributed by atoms with Crippen molar-refractivity contribution in [1.29, 1.82) is 0 Å². The van der Waals surface area contributed by atoms with Crippen molar-refractivity contribution in [3.63, 3.8) is 0 Å². The Labute approximate surface area is 184 Å². The normalized spacial score (nSPS) is 18.4. The maximum Gasteiger partial charge on any atom is 0.333 e. The molecule has 0 aliphatic heterocycles. The van der Waals surface area contributed by atoms with Crippen LogP contribution in [0.15, 0.2) is 60.0 Å². The van der Waals surface area contributed by atoms with Gasteiger partial charge in [0.15, 0.2) is 0 Å². The molecular formula is C22H23N5O3S. The maximum atomic E-state index is 12.0. The molecule has 1 aliphatic carbocycles. The van der Waals surface area contributed by atoms with Crippen molar-refractivity contribution in [2.75, 3.05) is 12.4 Å². The highest BCUT2D eigenvalue weighted by Gasteiger charge is 2.32.